The number of carbonyl (C=O) groups excluding carboxylic acids is 1. The van der Waals surface area contributed by atoms with Crippen molar-refractivity contribution in [2.24, 2.45) is 0 Å². The molecule has 1 aliphatic heterocycles. The highest BCUT2D eigenvalue weighted by molar-refractivity contribution is 6.11. The van der Waals surface area contributed by atoms with E-state index in [1.807, 2.05) is 26.0 Å². The summed E-state index contributed by atoms with van der Waals surface area (Å²) in [5.41, 5.74) is 8.44. The first-order chi connectivity index (χ1) is 14.1. The van der Waals surface area contributed by atoms with Crippen LogP contribution in [-0.2, 0) is 0 Å². The first kappa shape index (κ1) is 20.6. The summed E-state index contributed by atoms with van der Waals surface area (Å²) in [5.74, 6) is 2.38. The maximum atomic E-state index is 13.2. The van der Waals surface area contributed by atoms with Crippen molar-refractivity contribution >= 4 is 17.5 Å². The lowest BCUT2D eigenvalue weighted by molar-refractivity contribution is 0.103. The number of methoxy groups -OCH3 is 1. The zero-order valence-electron chi connectivity index (χ0n) is 17.1. The van der Waals surface area contributed by atoms with Gasteiger partial charge in [-0.25, -0.2) is 0 Å². The van der Waals surface area contributed by atoms with Crippen molar-refractivity contribution in [2.45, 2.75) is 26.7 Å². The fourth-order valence-corrected chi connectivity index (χ4v) is 3.23. The van der Waals surface area contributed by atoms with Gasteiger partial charge in [0.2, 0.25) is 0 Å². The molecular weight excluding hydrogens is 370 g/mol. The standard InChI is InChI=1S/C23H27NO5/c1-4-6-15(23(25)16-7-8-18(24)20(12-16)27-5-2)11-17-13-21-22(14-19(17)26-3)29-10-9-28-21/h7-8,11-14H,4-6,9-10,24H2,1-3H3. The van der Waals surface area contributed by atoms with E-state index in [0.29, 0.717) is 66.1 Å². The van der Waals surface area contributed by atoms with Gasteiger partial charge in [0.15, 0.2) is 17.3 Å². The van der Waals surface area contributed by atoms with Crippen molar-refractivity contribution < 1.29 is 23.7 Å². The molecule has 0 spiro atoms. The highest BCUT2D eigenvalue weighted by Crippen LogP contribution is 2.38. The number of fused-ring (bicyclic) bond motifs is 1. The number of nitrogens with two attached hydrogens (primary N) is 1. The molecule has 0 amide bonds. The molecule has 1 aliphatic rings. The van der Waals surface area contributed by atoms with Crippen LogP contribution in [0, 0.1) is 0 Å². The Morgan fingerprint density at radius 2 is 1.83 bits per heavy atom. The number of benzene rings is 2. The highest BCUT2D eigenvalue weighted by Gasteiger charge is 2.18. The Morgan fingerprint density at radius 3 is 2.48 bits per heavy atom. The van der Waals surface area contributed by atoms with Crippen LogP contribution < -0.4 is 24.7 Å². The Labute approximate surface area is 171 Å². The molecule has 3 rings (SSSR count). The molecule has 0 bridgehead atoms. The second-order valence-electron chi connectivity index (χ2n) is 6.67. The number of allylic oxidation sites excluding steroid dienone is 1. The van der Waals surface area contributed by atoms with Crippen molar-refractivity contribution in [3.63, 3.8) is 0 Å². The first-order valence-electron chi connectivity index (χ1n) is 9.82. The molecule has 2 N–H and O–H groups in total. The number of carbonyl (C=O) groups is 1. The number of rotatable bonds is 8. The van der Waals surface area contributed by atoms with Crippen molar-refractivity contribution in [1.29, 1.82) is 0 Å². The summed E-state index contributed by atoms with van der Waals surface area (Å²) in [6.45, 7) is 5.40. The van der Waals surface area contributed by atoms with E-state index in [1.54, 1.807) is 31.4 Å². The number of ether oxygens (including phenoxy) is 4. The van der Waals surface area contributed by atoms with E-state index in [1.165, 1.54) is 0 Å². The molecule has 1 heterocycles. The van der Waals surface area contributed by atoms with Gasteiger partial charge < -0.3 is 24.7 Å². The summed E-state index contributed by atoms with van der Waals surface area (Å²) in [6.07, 6.45) is 3.32. The van der Waals surface area contributed by atoms with Gasteiger partial charge in [-0.2, -0.15) is 0 Å². The normalized spacial score (nSPS) is 13.1. The van der Waals surface area contributed by atoms with Crippen molar-refractivity contribution in [1.82, 2.24) is 0 Å². The highest BCUT2D eigenvalue weighted by atomic mass is 16.6. The summed E-state index contributed by atoms with van der Waals surface area (Å²) in [6, 6.07) is 8.78. The van der Waals surface area contributed by atoms with E-state index >= 15 is 0 Å². The van der Waals surface area contributed by atoms with E-state index in [2.05, 4.69) is 0 Å². The Kier molecular flexibility index (Phi) is 6.65. The summed E-state index contributed by atoms with van der Waals surface area (Å²) in [5, 5.41) is 0. The number of hydrogen-bond donors (Lipinski definition) is 1. The molecule has 0 aliphatic carbocycles. The number of hydrogen-bond acceptors (Lipinski definition) is 6. The number of nitrogen functional groups attached to an aromatic ring is 1. The number of anilines is 1. The van der Waals surface area contributed by atoms with E-state index in [9.17, 15) is 4.79 Å². The Balaban J connectivity index is 2.00. The van der Waals surface area contributed by atoms with Gasteiger partial charge in [-0.15, -0.1) is 0 Å². The molecule has 0 saturated carbocycles. The van der Waals surface area contributed by atoms with E-state index in [-0.39, 0.29) is 5.78 Å². The summed E-state index contributed by atoms with van der Waals surface area (Å²) in [4.78, 5) is 13.2. The van der Waals surface area contributed by atoms with Crippen LogP contribution in [0.3, 0.4) is 0 Å². The molecule has 29 heavy (non-hydrogen) atoms. The Hall–Kier alpha value is -3.15. The van der Waals surface area contributed by atoms with Crippen LogP contribution in [-0.4, -0.2) is 32.7 Å². The number of Topliss-reactive ketones (excluding diaryl/α,β-unsaturated/α-hetero) is 1. The van der Waals surface area contributed by atoms with Crippen LogP contribution in [0.5, 0.6) is 23.0 Å². The molecule has 2 aromatic carbocycles. The van der Waals surface area contributed by atoms with Crippen LogP contribution in [0.25, 0.3) is 6.08 Å². The third kappa shape index (κ3) is 4.65. The smallest absolute Gasteiger partial charge is 0.189 e. The van der Waals surface area contributed by atoms with Crippen molar-refractivity contribution in [3.8, 4) is 23.0 Å². The first-order valence-corrected chi connectivity index (χ1v) is 9.82. The van der Waals surface area contributed by atoms with Crippen molar-refractivity contribution in [2.75, 3.05) is 32.7 Å². The van der Waals surface area contributed by atoms with Gasteiger partial charge in [-0.3, -0.25) is 4.79 Å². The molecule has 6 nitrogen and oxygen atoms in total. The average Bonchev–Trinajstić information content (AvgIpc) is 2.74. The fraction of sp³-hybridized carbons (Fsp3) is 0.348. The molecular formula is C23H27NO5. The minimum absolute atomic E-state index is 0.0651. The molecule has 0 unspecified atom stereocenters. The van der Waals surface area contributed by atoms with Crippen LogP contribution >= 0.6 is 0 Å². The van der Waals surface area contributed by atoms with Crippen LogP contribution in [0.4, 0.5) is 5.69 Å². The van der Waals surface area contributed by atoms with E-state index in [0.717, 1.165) is 12.0 Å². The lowest BCUT2D eigenvalue weighted by Crippen LogP contribution is -2.15. The minimum Gasteiger partial charge on any atom is -0.496 e. The molecule has 0 fully saturated rings. The van der Waals surface area contributed by atoms with Gasteiger partial charge in [0.1, 0.15) is 24.7 Å². The molecule has 0 saturated heterocycles. The van der Waals surface area contributed by atoms with Gasteiger partial charge >= 0.3 is 0 Å². The summed E-state index contributed by atoms with van der Waals surface area (Å²) < 4.78 is 22.4. The molecule has 154 valence electrons. The predicted octanol–water partition coefficient (Wildman–Crippen LogP) is 4.51. The summed E-state index contributed by atoms with van der Waals surface area (Å²) >= 11 is 0. The van der Waals surface area contributed by atoms with Crippen LogP contribution in [0.15, 0.2) is 35.9 Å². The lowest BCUT2D eigenvalue weighted by Gasteiger charge is -2.20. The van der Waals surface area contributed by atoms with Gasteiger partial charge in [0.25, 0.3) is 0 Å². The Bertz CT molecular complexity index is 920. The monoisotopic (exact) mass is 397 g/mol. The topological polar surface area (TPSA) is 80.0 Å². The predicted molar refractivity (Wildman–Crippen MR) is 113 cm³/mol. The molecule has 0 radical (unpaired) electrons. The zero-order valence-corrected chi connectivity index (χ0v) is 17.1. The SMILES string of the molecule is CCCC(=Cc1cc2c(cc1OC)OCCO2)C(=O)c1ccc(N)c(OCC)c1. The third-order valence-corrected chi connectivity index (χ3v) is 4.61. The van der Waals surface area contributed by atoms with E-state index < -0.39 is 0 Å². The third-order valence-electron chi connectivity index (χ3n) is 4.61. The van der Waals surface area contributed by atoms with Gasteiger partial charge in [0, 0.05) is 22.8 Å². The second-order valence-corrected chi connectivity index (χ2v) is 6.67. The second kappa shape index (κ2) is 9.37. The van der Waals surface area contributed by atoms with Crippen LogP contribution in [0.2, 0.25) is 0 Å². The lowest BCUT2D eigenvalue weighted by atomic mass is 9.96. The maximum absolute atomic E-state index is 13.2. The van der Waals surface area contributed by atoms with E-state index in [4.69, 9.17) is 24.7 Å². The van der Waals surface area contributed by atoms with Gasteiger partial charge in [-0.1, -0.05) is 13.3 Å². The quantitative estimate of drug-likeness (QED) is 0.401. The maximum Gasteiger partial charge on any atom is 0.189 e. The molecule has 0 atom stereocenters. The Morgan fingerprint density at radius 1 is 1.10 bits per heavy atom. The largest absolute Gasteiger partial charge is 0.496 e. The average molecular weight is 397 g/mol. The summed E-state index contributed by atoms with van der Waals surface area (Å²) in [7, 11) is 1.60. The fourth-order valence-electron chi connectivity index (χ4n) is 3.23. The molecule has 2 aromatic rings. The zero-order chi connectivity index (χ0) is 20.8. The van der Waals surface area contributed by atoms with Gasteiger partial charge in [-0.05, 0) is 43.7 Å². The minimum atomic E-state index is -0.0651. The van der Waals surface area contributed by atoms with Crippen LogP contribution in [0.1, 0.15) is 42.6 Å². The van der Waals surface area contributed by atoms with Crippen molar-refractivity contribution in [3.05, 3.63) is 47.0 Å². The molecule has 6 heteroatoms. The number of ketones is 1. The molecule has 0 aromatic heterocycles. The van der Waals surface area contributed by atoms with Gasteiger partial charge in [0.05, 0.1) is 19.4 Å².